The highest BCUT2D eigenvalue weighted by atomic mass is 16.3. The number of hydrogen-bond donors (Lipinski definition) is 0. The van der Waals surface area contributed by atoms with Crippen molar-refractivity contribution in [2.45, 2.75) is 19.3 Å². The fourth-order valence-electron chi connectivity index (χ4n) is 8.63. The molecule has 0 spiro atoms. The average molecular weight is 681 g/mol. The molecule has 0 amide bonds. The molecule has 250 valence electrons. The zero-order valence-electron chi connectivity index (χ0n) is 29.2. The Morgan fingerprint density at radius 3 is 1.87 bits per heavy atom. The van der Waals surface area contributed by atoms with Gasteiger partial charge in [0.25, 0.3) is 0 Å². The van der Waals surface area contributed by atoms with Gasteiger partial charge in [0.2, 0.25) is 0 Å². The summed E-state index contributed by atoms with van der Waals surface area (Å²) < 4.78 is 9.02. The van der Waals surface area contributed by atoms with Crippen LogP contribution in [-0.4, -0.2) is 19.5 Å². The Morgan fingerprint density at radius 2 is 1.13 bits per heavy atom. The molecular weight excluding hydrogens is 649 g/mol. The van der Waals surface area contributed by atoms with Crippen molar-refractivity contribution in [3.05, 3.63) is 169 Å². The minimum Gasteiger partial charge on any atom is -0.455 e. The van der Waals surface area contributed by atoms with E-state index >= 15 is 0 Å². The van der Waals surface area contributed by atoms with E-state index in [9.17, 15) is 0 Å². The van der Waals surface area contributed by atoms with Crippen LogP contribution in [0.5, 0.6) is 0 Å². The third-order valence-corrected chi connectivity index (χ3v) is 11.0. The smallest absolute Gasteiger partial charge is 0.164 e. The Balaban J connectivity index is 1.13. The first-order valence-electron chi connectivity index (χ1n) is 18.0. The van der Waals surface area contributed by atoms with Crippen LogP contribution in [0.3, 0.4) is 0 Å². The highest BCUT2D eigenvalue weighted by Crippen LogP contribution is 2.56. The lowest BCUT2D eigenvalue weighted by Gasteiger charge is -2.22. The molecule has 53 heavy (non-hydrogen) atoms. The molecule has 0 fully saturated rings. The van der Waals surface area contributed by atoms with Crippen molar-refractivity contribution in [3.63, 3.8) is 0 Å². The molecule has 1 aliphatic rings. The molecule has 1 aliphatic carbocycles. The van der Waals surface area contributed by atoms with Gasteiger partial charge in [0.05, 0.1) is 11.0 Å². The third kappa shape index (κ3) is 4.34. The summed E-state index contributed by atoms with van der Waals surface area (Å²) in [6, 6.07) is 55.1. The van der Waals surface area contributed by atoms with E-state index in [1.165, 1.54) is 33.0 Å². The molecule has 0 bridgehead atoms. The van der Waals surface area contributed by atoms with E-state index in [2.05, 4.69) is 109 Å². The SMILES string of the molecule is CC1(C)c2ccc3c(oc4ccccc43)c2-c2ccc3c(c21)c1ccccc1n3-c1cccc(-c2nc(-c3ccccc3)nc(-c3ccccc3)n2)c1. The number of rotatable bonds is 4. The molecule has 3 heterocycles. The van der Waals surface area contributed by atoms with Crippen molar-refractivity contribution in [2.75, 3.05) is 0 Å². The maximum absolute atomic E-state index is 6.63. The van der Waals surface area contributed by atoms with Gasteiger partial charge in [-0.2, -0.15) is 0 Å². The van der Waals surface area contributed by atoms with Gasteiger partial charge in [0.1, 0.15) is 11.2 Å². The summed E-state index contributed by atoms with van der Waals surface area (Å²) in [7, 11) is 0. The standard InChI is InChI=1S/C48H32N4O/c1-48(2)37-26-24-34-33-20-10-12-23-40(33)53-44(34)41(37)36-25-27-39-42(43(36)48)35-21-9-11-22-38(35)52(39)32-19-13-18-31(28-32)47-50-45(29-14-5-3-6-15-29)49-46(51-47)30-16-7-4-8-17-30/h3-28H,1-2H3. The van der Waals surface area contributed by atoms with E-state index in [-0.39, 0.29) is 5.41 Å². The Kier molecular flexibility index (Phi) is 6.23. The van der Waals surface area contributed by atoms with Gasteiger partial charge in [-0.3, -0.25) is 0 Å². The van der Waals surface area contributed by atoms with Crippen molar-refractivity contribution in [2.24, 2.45) is 0 Å². The van der Waals surface area contributed by atoms with E-state index < -0.39 is 0 Å². The van der Waals surface area contributed by atoms with Gasteiger partial charge in [0, 0.05) is 54.9 Å². The molecule has 11 rings (SSSR count). The summed E-state index contributed by atoms with van der Waals surface area (Å²) in [5.74, 6) is 1.92. The van der Waals surface area contributed by atoms with Crippen LogP contribution in [0.15, 0.2) is 162 Å². The number of nitrogens with zero attached hydrogens (tertiary/aromatic N) is 4. The lowest BCUT2D eigenvalue weighted by atomic mass is 9.80. The van der Waals surface area contributed by atoms with Crippen LogP contribution < -0.4 is 0 Å². The number of benzene rings is 7. The van der Waals surface area contributed by atoms with Crippen molar-refractivity contribution in [3.8, 4) is 51.0 Å². The minimum absolute atomic E-state index is 0.249. The van der Waals surface area contributed by atoms with E-state index in [1.807, 2.05) is 66.7 Å². The maximum atomic E-state index is 6.63. The van der Waals surface area contributed by atoms with E-state index in [0.717, 1.165) is 55.3 Å². The van der Waals surface area contributed by atoms with Crippen LogP contribution in [0.25, 0.3) is 94.7 Å². The van der Waals surface area contributed by atoms with Gasteiger partial charge in [-0.25, -0.2) is 15.0 Å². The Labute approximate surface area is 305 Å². The second-order valence-corrected chi connectivity index (χ2v) is 14.4. The summed E-state index contributed by atoms with van der Waals surface area (Å²) in [5, 5.41) is 4.81. The van der Waals surface area contributed by atoms with Crippen molar-refractivity contribution in [1.82, 2.24) is 19.5 Å². The van der Waals surface area contributed by atoms with Crippen LogP contribution in [0, 0.1) is 0 Å². The van der Waals surface area contributed by atoms with Gasteiger partial charge in [-0.1, -0.05) is 141 Å². The first-order valence-corrected chi connectivity index (χ1v) is 18.0. The highest BCUT2D eigenvalue weighted by molar-refractivity contribution is 6.17. The zero-order chi connectivity index (χ0) is 35.3. The van der Waals surface area contributed by atoms with Crippen LogP contribution in [0.4, 0.5) is 0 Å². The Morgan fingerprint density at radius 1 is 0.509 bits per heavy atom. The first kappa shape index (κ1) is 29.8. The molecule has 0 saturated heterocycles. The fourth-order valence-corrected chi connectivity index (χ4v) is 8.63. The normalized spacial score (nSPS) is 13.2. The van der Waals surface area contributed by atoms with Crippen LogP contribution in [-0.2, 0) is 5.41 Å². The monoisotopic (exact) mass is 680 g/mol. The lowest BCUT2D eigenvalue weighted by molar-refractivity contribution is 0.657. The second-order valence-electron chi connectivity index (χ2n) is 14.4. The molecule has 0 atom stereocenters. The number of hydrogen-bond acceptors (Lipinski definition) is 4. The predicted octanol–water partition coefficient (Wildman–Crippen LogP) is 12.2. The van der Waals surface area contributed by atoms with Crippen LogP contribution in [0.1, 0.15) is 25.0 Å². The van der Waals surface area contributed by atoms with Crippen molar-refractivity contribution >= 4 is 43.7 Å². The third-order valence-electron chi connectivity index (χ3n) is 11.0. The molecule has 5 heteroatoms. The maximum Gasteiger partial charge on any atom is 0.164 e. The molecular formula is C48H32N4O. The molecule has 0 unspecified atom stereocenters. The topological polar surface area (TPSA) is 56.7 Å². The van der Waals surface area contributed by atoms with Gasteiger partial charge < -0.3 is 8.98 Å². The van der Waals surface area contributed by atoms with Gasteiger partial charge in [-0.15, -0.1) is 0 Å². The molecule has 0 saturated carbocycles. The van der Waals surface area contributed by atoms with Crippen LogP contribution >= 0.6 is 0 Å². The van der Waals surface area contributed by atoms with Gasteiger partial charge in [-0.05, 0) is 47.0 Å². The Bertz CT molecular complexity index is 3020. The average Bonchev–Trinajstić information content (AvgIpc) is 3.84. The van der Waals surface area contributed by atoms with Crippen molar-refractivity contribution in [1.29, 1.82) is 0 Å². The number of para-hydroxylation sites is 2. The number of aromatic nitrogens is 4. The van der Waals surface area contributed by atoms with Crippen molar-refractivity contribution < 1.29 is 4.42 Å². The molecule has 0 radical (unpaired) electrons. The lowest BCUT2D eigenvalue weighted by Crippen LogP contribution is -2.15. The molecule has 5 nitrogen and oxygen atoms in total. The Hall–Kier alpha value is -6.85. The minimum atomic E-state index is -0.249. The summed E-state index contributed by atoms with van der Waals surface area (Å²) >= 11 is 0. The number of furan rings is 1. The van der Waals surface area contributed by atoms with E-state index in [4.69, 9.17) is 19.4 Å². The van der Waals surface area contributed by atoms with E-state index in [0.29, 0.717) is 17.5 Å². The predicted molar refractivity (Wildman–Crippen MR) is 215 cm³/mol. The summed E-state index contributed by atoms with van der Waals surface area (Å²) in [4.78, 5) is 15.0. The van der Waals surface area contributed by atoms with Gasteiger partial charge in [0.15, 0.2) is 17.5 Å². The largest absolute Gasteiger partial charge is 0.455 e. The second kappa shape index (κ2) is 11.1. The molecule has 10 aromatic rings. The molecule has 3 aromatic heterocycles. The zero-order valence-corrected chi connectivity index (χ0v) is 29.2. The fraction of sp³-hybridized carbons (Fsp3) is 0.0625. The summed E-state index contributed by atoms with van der Waals surface area (Å²) in [6.45, 7) is 4.71. The molecule has 0 aliphatic heterocycles. The summed E-state index contributed by atoms with van der Waals surface area (Å²) in [6.07, 6.45) is 0. The van der Waals surface area contributed by atoms with Gasteiger partial charge >= 0.3 is 0 Å². The van der Waals surface area contributed by atoms with E-state index in [1.54, 1.807) is 0 Å². The molecule has 0 N–H and O–H groups in total. The highest BCUT2D eigenvalue weighted by Gasteiger charge is 2.40. The summed E-state index contributed by atoms with van der Waals surface area (Å²) in [5.41, 5.74) is 12.9. The van der Waals surface area contributed by atoms with Crippen LogP contribution in [0.2, 0.25) is 0 Å². The quantitative estimate of drug-likeness (QED) is 0.186. The first-order chi connectivity index (χ1) is 26.0. The number of fused-ring (bicyclic) bond motifs is 11. The molecule has 7 aromatic carbocycles.